The van der Waals surface area contributed by atoms with Crippen molar-refractivity contribution < 1.29 is 0 Å². The molecule has 0 saturated carbocycles. The molecule has 3 rings (SSSR count). The lowest BCUT2D eigenvalue weighted by Gasteiger charge is -2.32. The summed E-state index contributed by atoms with van der Waals surface area (Å²) in [7, 11) is 0. The average Bonchev–Trinajstić information content (AvgIpc) is 2.50. The van der Waals surface area contributed by atoms with Gasteiger partial charge in [0.1, 0.15) is 5.82 Å². The number of nitrogens with zero attached hydrogens (tertiary/aromatic N) is 4. The molecule has 1 fully saturated rings. The molecular formula is C17H22N4. The fraction of sp³-hybridized carbons (Fsp3) is 0.471. The number of pyridine rings is 1. The zero-order valence-corrected chi connectivity index (χ0v) is 12.8. The fourth-order valence-electron chi connectivity index (χ4n) is 3.06. The van der Waals surface area contributed by atoms with Crippen molar-refractivity contribution in [1.82, 2.24) is 19.9 Å². The van der Waals surface area contributed by atoms with Gasteiger partial charge < -0.3 is 0 Å². The molecule has 0 aliphatic carbocycles. The van der Waals surface area contributed by atoms with E-state index in [1.807, 2.05) is 25.5 Å². The van der Waals surface area contributed by atoms with Gasteiger partial charge in [-0.15, -0.1) is 0 Å². The molecule has 2 aromatic heterocycles. The minimum absolute atomic E-state index is 0.530. The standard InChI is InChI=1S/C17H22N4/c1-13-10-18-7-5-15(13)11-21-9-3-4-16(12-21)17-6-8-19-14(2)20-17/h5-8,10,16H,3-4,9,11-12H2,1-2H3/t16-/m0/s1. The predicted molar refractivity (Wildman–Crippen MR) is 83.0 cm³/mol. The molecule has 0 N–H and O–H groups in total. The van der Waals surface area contributed by atoms with Crippen molar-refractivity contribution in [3.63, 3.8) is 0 Å². The maximum atomic E-state index is 4.61. The summed E-state index contributed by atoms with van der Waals surface area (Å²) in [6.07, 6.45) is 8.17. The first-order chi connectivity index (χ1) is 10.2. The maximum absolute atomic E-state index is 4.61. The van der Waals surface area contributed by atoms with E-state index in [1.165, 1.54) is 36.2 Å². The number of hydrogen-bond acceptors (Lipinski definition) is 4. The summed E-state index contributed by atoms with van der Waals surface area (Å²) in [5, 5.41) is 0. The Morgan fingerprint density at radius 2 is 2.14 bits per heavy atom. The molecule has 110 valence electrons. The van der Waals surface area contributed by atoms with Crippen LogP contribution in [0.5, 0.6) is 0 Å². The lowest BCUT2D eigenvalue weighted by Crippen LogP contribution is -2.34. The van der Waals surface area contributed by atoms with Crippen molar-refractivity contribution in [3.8, 4) is 0 Å². The first-order valence-corrected chi connectivity index (χ1v) is 7.64. The van der Waals surface area contributed by atoms with Gasteiger partial charge in [0.25, 0.3) is 0 Å². The lowest BCUT2D eigenvalue weighted by atomic mass is 9.94. The van der Waals surface area contributed by atoms with Gasteiger partial charge in [-0.05, 0) is 56.5 Å². The van der Waals surface area contributed by atoms with Crippen LogP contribution < -0.4 is 0 Å². The summed E-state index contributed by atoms with van der Waals surface area (Å²) in [6.45, 7) is 7.36. The molecule has 1 aliphatic heterocycles. The van der Waals surface area contributed by atoms with E-state index in [0.29, 0.717) is 5.92 Å². The zero-order valence-electron chi connectivity index (χ0n) is 12.8. The molecule has 1 aliphatic rings. The topological polar surface area (TPSA) is 41.9 Å². The number of aryl methyl sites for hydroxylation is 2. The molecule has 1 saturated heterocycles. The third kappa shape index (κ3) is 3.45. The van der Waals surface area contributed by atoms with E-state index in [1.54, 1.807) is 0 Å². The molecule has 3 heterocycles. The lowest BCUT2D eigenvalue weighted by molar-refractivity contribution is 0.198. The van der Waals surface area contributed by atoms with E-state index in [0.717, 1.165) is 18.9 Å². The maximum Gasteiger partial charge on any atom is 0.125 e. The number of piperidine rings is 1. The largest absolute Gasteiger partial charge is 0.298 e. The monoisotopic (exact) mass is 282 g/mol. The van der Waals surface area contributed by atoms with Crippen molar-refractivity contribution in [2.24, 2.45) is 0 Å². The van der Waals surface area contributed by atoms with Crippen molar-refractivity contribution >= 4 is 0 Å². The van der Waals surface area contributed by atoms with Crippen molar-refractivity contribution in [2.75, 3.05) is 13.1 Å². The number of aromatic nitrogens is 3. The molecular weight excluding hydrogens is 260 g/mol. The molecule has 0 bridgehead atoms. The first kappa shape index (κ1) is 14.1. The molecule has 0 spiro atoms. The fourth-order valence-corrected chi connectivity index (χ4v) is 3.06. The number of likely N-dealkylation sites (tertiary alicyclic amines) is 1. The van der Waals surface area contributed by atoms with Gasteiger partial charge >= 0.3 is 0 Å². The third-order valence-electron chi connectivity index (χ3n) is 4.25. The molecule has 4 nitrogen and oxygen atoms in total. The third-order valence-corrected chi connectivity index (χ3v) is 4.25. The second-order valence-electron chi connectivity index (χ2n) is 5.91. The minimum atomic E-state index is 0.530. The van der Waals surface area contributed by atoms with Gasteiger partial charge in [-0.1, -0.05) is 0 Å². The van der Waals surface area contributed by atoms with Crippen LogP contribution in [0.3, 0.4) is 0 Å². The zero-order chi connectivity index (χ0) is 14.7. The van der Waals surface area contributed by atoms with Crippen molar-refractivity contribution in [3.05, 3.63) is 53.4 Å². The Labute approximate surface area is 126 Å². The Morgan fingerprint density at radius 3 is 2.95 bits per heavy atom. The molecule has 4 heteroatoms. The van der Waals surface area contributed by atoms with E-state index in [-0.39, 0.29) is 0 Å². The predicted octanol–water partition coefficient (Wildman–Crippen LogP) is 2.87. The van der Waals surface area contributed by atoms with Crippen molar-refractivity contribution in [1.29, 1.82) is 0 Å². The molecule has 0 amide bonds. The van der Waals surface area contributed by atoms with Crippen LogP contribution in [0, 0.1) is 13.8 Å². The Bertz CT molecular complexity index is 611. The molecule has 0 aromatic carbocycles. The Hall–Kier alpha value is -1.81. The minimum Gasteiger partial charge on any atom is -0.298 e. The Kier molecular flexibility index (Phi) is 4.25. The van der Waals surface area contributed by atoms with Crippen LogP contribution in [-0.4, -0.2) is 32.9 Å². The van der Waals surface area contributed by atoms with Crippen LogP contribution in [0.4, 0.5) is 0 Å². The summed E-state index contributed by atoms with van der Waals surface area (Å²) in [4.78, 5) is 15.5. The van der Waals surface area contributed by atoms with Crippen molar-refractivity contribution in [2.45, 2.75) is 39.2 Å². The second kappa shape index (κ2) is 6.31. The van der Waals surface area contributed by atoms with Crippen LogP contribution in [0.1, 0.15) is 41.4 Å². The van der Waals surface area contributed by atoms with Gasteiger partial charge in [0.05, 0.1) is 0 Å². The van der Waals surface area contributed by atoms with Crippen LogP contribution in [0.25, 0.3) is 0 Å². The Morgan fingerprint density at radius 1 is 1.24 bits per heavy atom. The first-order valence-electron chi connectivity index (χ1n) is 7.64. The summed E-state index contributed by atoms with van der Waals surface area (Å²) in [6, 6.07) is 4.20. The van der Waals surface area contributed by atoms with Gasteiger partial charge in [0.15, 0.2) is 0 Å². The molecule has 0 radical (unpaired) electrons. The van der Waals surface area contributed by atoms with Gasteiger partial charge in [-0.2, -0.15) is 0 Å². The highest BCUT2D eigenvalue weighted by Gasteiger charge is 2.22. The van der Waals surface area contributed by atoms with Gasteiger partial charge in [0.2, 0.25) is 0 Å². The summed E-state index contributed by atoms with van der Waals surface area (Å²) < 4.78 is 0. The number of hydrogen-bond donors (Lipinski definition) is 0. The van der Waals surface area contributed by atoms with E-state index in [9.17, 15) is 0 Å². The Balaban J connectivity index is 1.70. The van der Waals surface area contributed by atoms with Crippen LogP contribution in [0.15, 0.2) is 30.7 Å². The number of rotatable bonds is 3. The normalized spacial score (nSPS) is 19.6. The van der Waals surface area contributed by atoms with Gasteiger partial charge in [-0.3, -0.25) is 9.88 Å². The summed E-state index contributed by atoms with van der Waals surface area (Å²) >= 11 is 0. The SMILES string of the molecule is Cc1nccc([C@H]2CCCN(Cc3ccncc3C)C2)n1. The van der Waals surface area contributed by atoms with Gasteiger partial charge in [-0.25, -0.2) is 9.97 Å². The van der Waals surface area contributed by atoms with Crippen LogP contribution in [-0.2, 0) is 6.54 Å². The highest BCUT2D eigenvalue weighted by molar-refractivity contribution is 5.21. The molecule has 1 atom stereocenters. The summed E-state index contributed by atoms with van der Waals surface area (Å²) in [5.74, 6) is 1.40. The molecule has 2 aromatic rings. The van der Waals surface area contributed by atoms with Gasteiger partial charge in [0, 0.05) is 43.3 Å². The average molecular weight is 282 g/mol. The highest BCUT2D eigenvalue weighted by atomic mass is 15.1. The smallest absolute Gasteiger partial charge is 0.125 e. The molecule has 21 heavy (non-hydrogen) atoms. The van der Waals surface area contributed by atoms with Crippen LogP contribution >= 0.6 is 0 Å². The summed E-state index contributed by atoms with van der Waals surface area (Å²) in [5.41, 5.74) is 3.85. The quantitative estimate of drug-likeness (QED) is 0.868. The van der Waals surface area contributed by atoms with E-state index >= 15 is 0 Å². The second-order valence-corrected chi connectivity index (χ2v) is 5.91. The van der Waals surface area contributed by atoms with E-state index in [4.69, 9.17) is 0 Å². The van der Waals surface area contributed by atoms with Crippen LogP contribution in [0.2, 0.25) is 0 Å². The van der Waals surface area contributed by atoms with E-state index in [2.05, 4.69) is 38.9 Å². The van der Waals surface area contributed by atoms with E-state index < -0.39 is 0 Å². The molecule has 0 unspecified atom stereocenters. The highest BCUT2D eigenvalue weighted by Crippen LogP contribution is 2.26.